The van der Waals surface area contributed by atoms with Crippen molar-refractivity contribution < 1.29 is 28.2 Å². The summed E-state index contributed by atoms with van der Waals surface area (Å²) in [5.74, 6) is -2.24. The molecule has 3 rings (SSSR count). The summed E-state index contributed by atoms with van der Waals surface area (Å²) in [5, 5.41) is 18.2. The smallest absolute Gasteiger partial charge is 0.335 e. The topological polar surface area (TPSA) is 134 Å². The predicted octanol–water partition coefficient (Wildman–Crippen LogP) is 2.90. The maximum atomic E-state index is 11.5. The highest BCUT2D eigenvalue weighted by atomic mass is 32.2. The highest BCUT2D eigenvalue weighted by Gasteiger charge is 2.12. The molecule has 148 valence electrons. The third-order valence-electron chi connectivity index (χ3n) is 3.62. The first-order valence-corrected chi connectivity index (χ1v) is 10.2. The number of aromatic carboxylic acids is 2. The van der Waals surface area contributed by atoms with E-state index in [-0.39, 0.29) is 16.0 Å². The molecule has 10 heteroatoms. The first-order valence-electron chi connectivity index (χ1n) is 7.92. The number of nitrogens with one attached hydrogen (secondary N) is 1. The van der Waals surface area contributed by atoms with Gasteiger partial charge in [-0.3, -0.25) is 0 Å². The average molecular weight is 422 g/mol. The van der Waals surface area contributed by atoms with Gasteiger partial charge in [-0.05, 0) is 62.9 Å². The van der Waals surface area contributed by atoms with Gasteiger partial charge < -0.3 is 10.2 Å². The quantitative estimate of drug-likeness (QED) is 0.588. The van der Waals surface area contributed by atoms with Gasteiger partial charge in [-0.15, -0.1) is 11.3 Å². The minimum atomic E-state index is -3.35. The zero-order valence-electron chi connectivity index (χ0n) is 15.3. The molecule has 2 aromatic carbocycles. The lowest BCUT2D eigenvalue weighted by Gasteiger charge is -2.00. The van der Waals surface area contributed by atoms with Crippen LogP contribution < -0.4 is 4.72 Å². The van der Waals surface area contributed by atoms with Crippen molar-refractivity contribution in [2.24, 2.45) is 0 Å². The molecular formula is C18H18N2O6S2. The molecule has 28 heavy (non-hydrogen) atoms. The van der Waals surface area contributed by atoms with E-state index in [0.717, 1.165) is 21.3 Å². The Morgan fingerprint density at radius 2 is 1.57 bits per heavy atom. The van der Waals surface area contributed by atoms with Gasteiger partial charge in [0.1, 0.15) is 0 Å². The first kappa shape index (κ1) is 21.5. The lowest BCUT2D eigenvalue weighted by atomic mass is 10.1. The monoisotopic (exact) mass is 422 g/mol. The Bertz CT molecular complexity index is 1120. The van der Waals surface area contributed by atoms with Gasteiger partial charge in [-0.25, -0.2) is 27.7 Å². The Balaban J connectivity index is 0.000000203. The standard InChI is InChI=1S/C9H10N2O2S2.C9H8O4/c1-6-11-8-4-3-7(5-9(8)14-6)15(12,13)10-2;1-5-2-6(8(10)11)4-7(3-5)9(12)13/h3-5,10H,1-2H3;2-4H,1H3,(H,10,11)(H,12,13). The normalized spacial score (nSPS) is 11.0. The molecule has 0 aliphatic carbocycles. The molecule has 1 aromatic heterocycles. The van der Waals surface area contributed by atoms with Crippen LogP contribution in [0, 0.1) is 13.8 Å². The van der Waals surface area contributed by atoms with Gasteiger partial charge in [0, 0.05) is 0 Å². The number of benzene rings is 2. The molecule has 8 nitrogen and oxygen atoms in total. The minimum Gasteiger partial charge on any atom is -0.478 e. The Labute approximate surface area is 165 Å². The lowest BCUT2D eigenvalue weighted by molar-refractivity contribution is 0.0696. The van der Waals surface area contributed by atoms with Crippen LogP contribution >= 0.6 is 11.3 Å². The number of carboxylic acid groups (broad SMARTS) is 2. The van der Waals surface area contributed by atoms with Gasteiger partial charge in [0.15, 0.2) is 0 Å². The van der Waals surface area contributed by atoms with Crippen molar-refractivity contribution in [2.45, 2.75) is 18.7 Å². The second kappa shape index (κ2) is 8.46. The molecule has 1 heterocycles. The highest BCUT2D eigenvalue weighted by Crippen LogP contribution is 2.24. The Kier molecular flexibility index (Phi) is 6.49. The highest BCUT2D eigenvalue weighted by molar-refractivity contribution is 7.89. The molecular weight excluding hydrogens is 404 g/mol. The number of hydrogen-bond donors (Lipinski definition) is 3. The van der Waals surface area contributed by atoms with E-state index < -0.39 is 22.0 Å². The number of aryl methyl sites for hydroxylation is 2. The fourth-order valence-corrected chi connectivity index (χ4v) is 4.03. The molecule has 0 saturated carbocycles. The average Bonchev–Trinajstić information content (AvgIpc) is 3.00. The summed E-state index contributed by atoms with van der Waals surface area (Å²) < 4.78 is 26.2. The van der Waals surface area contributed by atoms with E-state index in [2.05, 4.69) is 9.71 Å². The molecule has 0 amide bonds. The summed E-state index contributed by atoms with van der Waals surface area (Å²) in [5.41, 5.74) is 1.46. The van der Waals surface area contributed by atoms with Crippen molar-refractivity contribution in [3.63, 3.8) is 0 Å². The second-order valence-electron chi connectivity index (χ2n) is 5.77. The molecule has 3 N–H and O–H groups in total. The molecule has 0 fully saturated rings. The van der Waals surface area contributed by atoms with Crippen LogP contribution in [0.15, 0.2) is 41.3 Å². The zero-order valence-corrected chi connectivity index (χ0v) is 16.9. The Hall–Kier alpha value is -2.82. The third kappa shape index (κ3) is 5.12. The van der Waals surface area contributed by atoms with Gasteiger partial charge in [0.25, 0.3) is 0 Å². The van der Waals surface area contributed by atoms with E-state index in [4.69, 9.17) is 10.2 Å². The van der Waals surface area contributed by atoms with Gasteiger partial charge in [-0.2, -0.15) is 0 Å². The fourth-order valence-electron chi connectivity index (χ4n) is 2.34. The maximum absolute atomic E-state index is 11.5. The van der Waals surface area contributed by atoms with E-state index in [0.29, 0.717) is 5.56 Å². The first-order chi connectivity index (χ1) is 13.0. The molecule has 0 radical (unpaired) electrons. The van der Waals surface area contributed by atoms with Gasteiger partial charge in [0.05, 0.1) is 31.2 Å². The molecule has 0 unspecified atom stereocenters. The van der Waals surface area contributed by atoms with Crippen molar-refractivity contribution in [3.8, 4) is 0 Å². The van der Waals surface area contributed by atoms with Crippen LogP contribution in [0.4, 0.5) is 0 Å². The lowest BCUT2D eigenvalue weighted by Crippen LogP contribution is -2.18. The summed E-state index contributed by atoms with van der Waals surface area (Å²) in [7, 11) is -1.95. The van der Waals surface area contributed by atoms with E-state index in [1.165, 1.54) is 30.5 Å². The molecule has 0 saturated heterocycles. The fraction of sp³-hybridized carbons (Fsp3) is 0.167. The van der Waals surface area contributed by atoms with E-state index in [1.807, 2.05) is 6.92 Å². The summed E-state index contributed by atoms with van der Waals surface area (Å²) in [6.45, 7) is 3.55. The number of thiazole rings is 1. The van der Waals surface area contributed by atoms with Crippen molar-refractivity contribution in [2.75, 3.05) is 7.05 Å². The maximum Gasteiger partial charge on any atom is 0.335 e. The van der Waals surface area contributed by atoms with Crippen molar-refractivity contribution in [3.05, 3.63) is 58.1 Å². The number of aromatic nitrogens is 1. The molecule has 0 atom stereocenters. The Morgan fingerprint density at radius 3 is 2.07 bits per heavy atom. The van der Waals surface area contributed by atoms with Crippen LogP contribution in [0.1, 0.15) is 31.3 Å². The SMILES string of the molecule is CNS(=O)(=O)c1ccc2nc(C)sc2c1.Cc1cc(C(=O)O)cc(C(=O)O)c1. The van der Waals surface area contributed by atoms with Gasteiger partial charge >= 0.3 is 11.9 Å². The van der Waals surface area contributed by atoms with Gasteiger partial charge in [0.2, 0.25) is 10.0 Å². The number of carbonyl (C=O) groups is 2. The van der Waals surface area contributed by atoms with Crippen LogP contribution in [0.5, 0.6) is 0 Å². The summed E-state index contributed by atoms with van der Waals surface area (Å²) in [6, 6.07) is 8.92. The summed E-state index contributed by atoms with van der Waals surface area (Å²) in [4.78, 5) is 25.6. The molecule has 3 aromatic rings. The van der Waals surface area contributed by atoms with E-state index in [9.17, 15) is 18.0 Å². The van der Waals surface area contributed by atoms with Crippen molar-refractivity contribution in [1.82, 2.24) is 9.71 Å². The number of hydrogen-bond acceptors (Lipinski definition) is 6. The van der Waals surface area contributed by atoms with Crippen LogP contribution in [0.25, 0.3) is 10.2 Å². The van der Waals surface area contributed by atoms with Crippen molar-refractivity contribution >= 4 is 43.5 Å². The van der Waals surface area contributed by atoms with E-state index in [1.54, 1.807) is 25.1 Å². The number of carboxylic acids is 2. The molecule has 0 aliphatic rings. The van der Waals surface area contributed by atoms with E-state index >= 15 is 0 Å². The number of nitrogens with zero attached hydrogens (tertiary/aromatic N) is 1. The Morgan fingerprint density at radius 1 is 1.00 bits per heavy atom. The zero-order chi connectivity index (χ0) is 21.1. The molecule has 0 bridgehead atoms. The molecule has 0 aliphatic heterocycles. The minimum absolute atomic E-state index is 0.00241. The number of rotatable bonds is 4. The van der Waals surface area contributed by atoms with Crippen molar-refractivity contribution in [1.29, 1.82) is 0 Å². The van der Waals surface area contributed by atoms with Gasteiger partial charge in [-0.1, -0.05) is 0 Å². The second-order valence-corrected chi connectivity index (χ2v) is 8.89. The van der Waals surface area contributed by atoms with Crippen LogP contribution in [-0.2, 0) is 10.0 Å². The number of sulfonamides is 1. The summed E-state index contributed by atoms with van der Waals surface area (Å²) in [6.07, 6.45) is 0. The molecule has 0 spiro atoms. The predicted molar refractivity (Wildman–Crippen MR) is 106 cm³/mol. The van der Waals surface area contributed by atoms with Crippen LogP contribution in [0.2, 0.25) is 0 Å². The third-order valence-corrected chi connectivity index (χ3v) is 5.96. The largest absolute Gasteiger partial charge is 0.478 e. The summed E-state index contributed by atoms with van der Waals surface area (Å²) >= 11 is 1.49. The van der Waals surface area contributed by atoms with Crippen LogP contribution in [-0.4, -0.2) is 42.6 Å². The number of fused-ring (bicyclic) bond motifs is 1. The van der Waals surface area contributed by atoms with Crippen LogP contribution in [0.3, 0.4) is 0 Å².